The Morgan fingerprint density at radius 1 is 0.970 bits per heavy atom. The van der Waals surface area contributed by atoms with Gasteiger partial charge in [0.15, 0.2) is 0 Å². The summed E-state index contributed by atoms with van der Waals surface area (Å²) in [6, 6.07) is 15.8. The number of hydrogen-bond acceptors (Lipinski definition) is 5. The summed E-state index contributed by atoms with van der Waals surface area (Å²) in [7, 11) is 3.42. The first-order valence-corrected chi connectivity index (χ1v) is 11.7. The largest absolute Gasteiger partial charge is 0.461 e. The van der Waals surface area contributed by atoms with Crippen LogP contribution in [0.1, 0.15) is 23.8 Å². The van der Waals surface area contributed by atoms with E-state index in [4.69, 9.17) is 25.8 Å². The summed E-state index contributed by atoms with van der Waals surface area (Å²) in [6.07, 6.45) is 0.856. The summed E-state index contributed by atoms with van der Waals surface area (Å²) in [4.78, 5) is 15.4. The maximum atomic E-state index is 13.1. The second-order valence-electron chi connectivity index (χ2n) is 7.81. The molecule has 7 heteroatoms. The zero-order chi connectivity index (χ0) is 23.6. The number of nitrogens with zero attached hydrogens (tertiary/aromatic N) is 2. The number of aromatic nitrogens is 1. The van der Waals surface area contributed by atoms with Crippen molar-refractivity contribution in [2.75, 3.05) is 53.7 Å². The van der Waals surface area contributed by atoms with Gasteiger partial charge < -0.3 is 18.8 Å². The first-order chi connectivity index (χ1) is 16.1. The smallest absolute Gasteiger partial charge is 0.355 e. The summed E-state index contributed by atoms with van der Waals surface area (Å²) < 4.78 is 18.1. The summed E-state index contributed by atoms with van der Waals surface area (Å²) in [5.74, 6) is -0.317. The van der Waals surface area contributed by atoms with Crippen molar-refractivity contribution in [1.82, 2.24) is 9.47 Å². The van der Waals surface area contributed by atoms with E-state index in [0.29, 0.717) is 37.1 Å². The van der Waals surface area contributed by atoms with Gasteiger partial charge in [0.2, 0.25) is 0 Å². The van der Waals surface area contributed by atoms with E-state index in [1.54, 1.807) is 14.2 Å². The van der Waals surface area contributed by atoms with Gasteiger partial charge in [0, 0.05) is 56.2 Å². The number of rotatable bonds is 13. The Kier molecular flexibility index (Phi) is 9.76. The standard InChI is InChI=1S/C26H33ClN2O4/c1-4-33-26(30)25-22-12-11-21(27)19-23(22)24(20-9-6-5-7-10-20)29(25)14-8-13-28(15-17-31-2)16-18-32-3/h5-7,9-12,19H,4,8,13-18H2,1-3H3. The molecule has 33 heavy (non-hydrogen) atoms. The molecule has 2 aromatic carbocycles. The highest BCUT2D eigenvalue weighted by Crippen LogP contribution is 2.36. The van der Waals surface area contributed by atoms with Gasteiger partial charge in [0.1, 0.15) is 5.69 Å². The van der Waals surface area contributed by atoms with Crippen LogP contribution in [-0.2, 0) is 20.8 Å². The molecule has 1 heterocycles. The molecule has 0 amide bonds. The molecule has 0 atom stereocenters. The normalized spacial score (nSPS) is 11.4. The van der Waals surface area contributed by atoms with E-state index >= 15 is 0 Å². The molecule has 3 rings (SSSR count). The molecule has 0 radical (unpaired) electrons. The monoisotopic (exact) mass is 472 g/mol. The van der Waals surface area contributed by atoms with Gasteiger partial charge in [-0.2, -0.15) is 0 Å². The lowest BCUT2D eigenvalue weighted by atomic mass is 10.1. The Morgan fingerprint density at radius 2 is 1.67 bits per heavy atom. The molecule has 0 aliphatic heterocycles. The molecular weight excluding hydrogens is 440 g/mol. The van der Waals surface area contributed by atoms with Crippen LogP contribution in [0.15, 0.2) is 48.5 Å². The van der Waals surface area contributed by atoms with Crippen LogP contribution < -0.4 is 0 Å². The minimum Gasteiger partial charge on any atom is -0.461 e. The Bertz CT molecular complexity index is 1030. The Morgan fingerprint density at radius 3 is 2.30 bits per heavy atom. The molecule has 0 N–H and O–H groups in total. The van der Waals surface area contributed by atoms with Crippen molar-refractivity contribution < 1.29 is 19.0 Å². The van der Waals surface area contributed by atoms with Crippen molar-refractivity contribution in [3.8, 4) is 11.3 Å². The van der Waals surface area contributed by atoms with Crippen molar-refractivity contribution >= 4 is 28.3 Å². The molecule has 6 nitrogen and oxygen atoms in total. The van der Waals surface area contributed by atoms with E-state index in [0.717, 1.165) is 48.1 Å². The van der Waals surface area contributed by atoms with Crippen molar-refractivity contribution in [1.29, 1.82) is 0 Å². The van der Waals surface area contributed by atoms with Gasteiger partial charge in [0.05, 0.1) is 25.5 Å². The van der Waals surface area contributed by atoms with Crippen molar-refractivity contribution in [2.45, 2.75) is 19.9 Å². The molecule has 0 unspecified atom stereocenters. The number of carbonyl (C=O) groups is 1. The molecule has 0 saturated carbocycles. The lowest BCUT2D eigenvalue weighted by Gasteiger charge is -2.22. The number of carbonyl (C=O) groups excluding carboxylic acids is 1. The van der Waals surface area contributed by atoms with Gasteiger partial charge in [-0.3, -0.25) is 4.90 Å². The van der Waals surface area contributed by atoms with E-state index in [-0.39, 0.29) is 5.97 Å². The van der Waals surface area contributed by atoms with Gasteiger partial charge >= 0.3 is 5.97 Å². The molecule has 0 aliphatic rings. The number of esters is 1. The SMILES string of the molecule is CCOC(=O)c1c2ccc(Cl)cc2c(-c2ccccc2)n1CCCN(CCOC)CCOC. The fourth-order valence-corrected chi connectivity index (χ4v) is 4.27. The molecule has 1 aromatic heterocycles. The number of methoxy groups -OCH3 is 2. The Hall–Kier alpha value is -2.38. The van der Waals surface area contributed by atoms with Crippen molar-refractivity contribution in [3.05, 3.63) is 59.2 Å². The lowest BCUT2D eigenvalue weighted by molar-refractivity contribution is 0.0516. The third-order valence-electron chi connectivity index (χ3n) is 5.63. The zero-order valence-electron chi connectivity index (χ0n) is 19.7. The highest BCUT2D eigenvalue weighted by atomic mass is 35.5. The average molecular weight is 473 g/mol. The molecule has 0 aliphatic carbocycles. The van der Waals surface area contributed by atoms with Crippen LogP contribution in [0.2, 0.25) is 5.02 Å². The Labute approximate surface area is 201 Å². The minimum absolute atomic E-state index is 0.317. The van der Waals surface area contributed by atoms with Crippen LogP contribution in [0, 0.1) is 0 Å². The maximum absolute atomic E-state index is 13.1. The average Bonchev–Trinajstić information content (AvgIpc) is 3.14. The Balaban J connectivity index is 2.00. The maximum Gasteiger partial charge on any atom is 0.355 e. The summed E-state index contributed by atoms with van der Waals surface area (Å²) >= 11 is 6.37. The van der Waals surface area contributed by atoms with Gasteiger partial charge in [-0.05, 0) is 31.0 Å². The van der Waals surface area contributed by atoms with Crippen molar-refractivity contribution in [3.63, 3.8) is 0 Å². The zero-order valence-corrected chi connectivity index (χ0v) is 20.4. The molecule has 0 bridgehead atoms. The van der Waals surface area contributed by atoms with E-state index in [1.807, 2.05) is 43.3 Å². The quantitative estimate of drug-likeness (QED) is 0.323. The van der Waals surface area contributed by atoms with Crippen LogP contribution in [0.25, 0.3) is 22.0 Å². The molecule has 0 saturated heterocycles. The molecule has 0 spiro atoms. The van der Waals surface area contributed by atoms with E-state index in [1.165, 1.54) is 0 Å². The first kappa shape index (κ1) is 25.2. The van der Waals surface area contributed by atoms with Crippen LogP contribution in [-0.4, -0.2) is 69.1 Å². The fourth-order valence-electron chi connectivity index (χ4n) is 4.10. The number of fused-ring (bicyclic) bond motifs is 1. The fraction of sp³-hybridized carbons (Fsp3) is 0.423. The van der Waals surface area contributed by atoms with Crippen LogP contribution in [0.3, 0.4) is 0 Å². The minimum atomic E-state index is -0.317. The predicted molar refractivity (Wildman–Crippen MR) is 133 cm³/mol. The molecule has 0 fully saturated rings. The molecule has 178 valence electrons. The highest BCUT2D eigenvalue weighted by molar-refractivity contribution is 6.31. The number of ether oxygens (including phenoxy) is 3. The van der Waals surface area contributed by atoms with E-state index < -0.39 is 0 Å². The second-order valence-corrected chi connectivity index (χ2v) is 8.24. The first-order valence-electron chi connectivity index (χ1n) is 11.3. The van der Waals surface area contributed by atoms with Crippen LogP contribution >= 0.6 is 11.6 Å². The van der Waals surface area contributed by atoms with Crippen LogP contribution in [0.5, 0.6) is 0 Å². The number of hydrogen-bond donors (Lipinski definition) is 0. The van der Waals surface area contributed by atoms with Gasteiger partial charge in [-0.25, -0.2) is 4.79 Å². The van der Waals surface area contributed by atoms with E-state index in [9.17, 15) is 4.79 Å². The third-order valence-corrected chi connectivity index (χ3v) is 5.86. The predicted octanol–water partition coefficient (Wildman–Crippen LogP) is 5.12. The van der Waals surface area contributed by atoms with Crippen LogP contribution in [0.4, 0.5) is 0 Å². The summed E-state index contributed by atoms with van der Waals surface area (Å²) in [5.41, 5.74) is 2.59. The summed E-state index contributed by atoms with van der Waals surface area (Å²) in [6.45, 7) is 6.67. The number of benzene rings is 2. The topological polar surface area (TPSA) is 52.9 Å². The second kappa shape index (κ2) is 12.8. The lowest BCUT2D eigenvalue weighted by Crippen LogP contribution is -2.32. The van der Waals surface area contributed by atoms with Gasteiger partial charge in [-0.15, -0.1) is 0 Å². The van der Waals surface area contributed by atoms with Gasteiger partial charge in [-0.1, -0.05) is 48.0 Å². The van der Waals surface area contributed by atoms with Gasteiger partial charge in [0.25, 0.3) is 0 Å². The highest BCUT2D eigenvalue weighted by Gasteiger charge is 2.24. The molecule has 3 aromatic rings. The van der Waals surface area contributed by atoms with E-state index in [2.05, 4.69) is 21.6 Å². The third kappa shape index (κ3) is 6.36. The number of halogens is 1. The summed E-state index contributed by atoms with van der Waals surface area (Å²) in [5, 5.41) is 2.44. The molecular formula is C26H33ClN2O4. The van der Waals surface area contributed by atoms with Crippen molar-refractivity contribution in [2.24, 2.45) is 0 Å².